The molecule has 2 unspecified atom stereocenters. The molecule has 2 nitrogen and oxygen atoms in total. The molecule has 0 amide bonds. The van der Waals surface area contributed by atoms with Gasteiger partial charge in [0.15, 0.2) is 0 Å². The molecule has 112 valence electrons. The van der Waals surface area contributed by atoms with E-state index in [4.69, 9.17) is 0 Å². The maximum absolute atomic E-state index is 3.72. The molecule has 2 rings (SSSR count). The summed E-state index contributed by atoms with van der Waals surface area (Å²) in [5.74, 6) is 1.00. The Kier molecular flexibility index (Phi) is 5.30. The van der Waals surface area contributed by atoms with Crippen LogP contribution < -0.4 is 5.32 Å². The molecule has 0 spiro atoms. The summed E-state index contributed by atoms with van der Waals surface area (Å²) in [7, 11) is 0. The van der Waals surface area contributed by atoms with Crippen molar-refractivity contribution in [2.45, 2.75) is 78.3 Å². The summed E-state index contributed by atoms with van der Waals surface area (Å²) in [5.41, 5.74) is 0.360. The van der Waals surface area contributed by atoms with E-state index >= 15 is 0 Å². The molecule has 2 fully saturated rings. The second-order valence-corrected chi connectivity index (χ2v) is 7.73. The largest absolute Gasteiger partial charge is 0.312 e. The Labute approximate surface area is 120 Å². The van der Waals surface area contributed by atoms with Crippen molar-refractivity contribution in [3.8, 4) is 0 Å². The van der Waals surface area contributed by atoms with Crippen molar-refractivity contribution >= 4 is 0 Å². The quantitative estimate of drug-likeness (QED) is 0.817. The lowest BCUT2D eigenvalue weighted by atomic mass is 9.85. The zero-order chi connectivity index (χ0) is 13.9. The van der Waals surface area contributed by atoms with E-state index < -0.39 is 0 Å². The topological polar surface area (TPSA) is 15.3 Å². The van der Waals surface area contributed by atoms with Gasteiger partial charge in [0.1, 0.15) is 0 Å². The van der Waals surface area contributed by atoms with Crippen LogP contribution in [0.3, 0.4) is 0 Å². The summed E-state index contributed by atoms with van der Waals surface area (Å²) in [4.78, 5) is 2.81. The minimum absolute atomic E-state index is 0.360. The number of hydrogen-bond donors (Lipinski definition) is 1. The third kappa shape index (κ3) is 3.95. The van der Waals surface area contributed by atoms with Gasteiger partial charge in [0, 0.05) is 18.6 Å². The summed E-state index contributed by atoms with van der Waals surface area (Å²) in [6.45, 7) is 13.0. The van der Waals surface area contributed by atoms with Gasteiger partial charge in [0.05, 0.1) is 0 Å². The molecule has 0 aromatic rings. The van der Waals surface area contributed by atoms with Crippen LogP contribution in [0.1, 0.15) is 66.2 Å². The van der Waals surface area contributed by atoms with Crippen molar-refractivity contribution in [1.82, 2.24) is 10.2 Å². The van der Waals surface area contributed by atoms with Gasteiger partial charge >= 0.3 is 0 Å². The third-order valence-electron chi connectivity index (χ3n) is 5.27. The average Bonchev–Trinajstić information content (AvgIpc) is 2.96. The normalized spacial score (nSPS) is 28.1. The lowest BCUT2D eigenvalue weighted by molar-refractivity contribution is 0.135. The number of nitrogens with zero attached hydrogens (tertiary/aromatic N) is 1. The van der Waals surface area contributed by atoms with E-state index in [1.807, 2.05) is 0 Å². The standard InChI is InChI=1S/C17H34N2/c1-5-18-16(17(2,3)4)13-19-12-8-11-15(19)14-9-6-7-10-14/h14-16,18H,5-13H2,1-4H3. The van der Waals surface area contributed by atoms with Gasteiger partial charge in [0.2, 0.25) is 0 Å². The highest BCUT2D eigenvalue weighted by Crippen LogP contribution is 2.36. The van der Waals surface area contributed by atoms with Crippen molar-refractivity contribution in [3.63, 3.8) is 0 Å². The molecule has 1 N–H and O–H groups in total. The molecule has 1 aliphatic carbocycles. The van der Waals surface area contributed by atoms with Crippen LogP contribution in [0, 0.1) is 11.3 Å². The van der Waals surface area contributed by atoms with E-state index in [0.717, 1.165) is 18.5 Å². The SMILES string of the molecule is CCNC(CN1CCCC1C1CCCC1)C(C)(C)C. The first-order chi connectivity index (χ1) is 9.02. The first kappa shape index (κ1) is 15.3. The fraction of sp³-hybridized carbons (Fsp3) is 1.00. The monoisotopic (exact) mass is 266 g/mol. The molecule has 2 aliphatic rings. The van der Waals surface area contributed by atoms with Gasteiger partial charge < -0.3 is 5.32 Å². The minimum Gasteiger partial charge on any atom is -0.312 e. The smallest absolute Gasteiger partial charge is 0.0243 e. The van der Waals surface area contributed by atoms with Gasteiger partial charge in [-0.25, -0.2) is 0 Å². The van der Waals surface area contributed by atoms with E-state index in [0.29, 0.717) is 11.5 Å². The molecular formula is C17H34N2. The fourth-order valence-corrected chi connectivity index (χ4v) is 4.08. The van der Waals surface area contributed by atoms with Crippen LogP contribution in [-0.2, 0) is 0 Å². The average molecular weight is 266 g/mol. The number of likely N-dealkylation sites (tertiary alicyclic amines) is 1. The second-order valence-electron chi connectivity index (χ2n) is 7.73. The number of rotatable bonds is 5. The van der Waals surface area contributed by atoms with Crippen LogP contribution >= 0.6 is 0 Å². The van der Waals surface area contributed by atoms with Crippen LogP contribution in [0.2, 0.25) is 0 Å². The van der Waals surface area contributed by atoms with Crippen LogP contribution in [0.15, 0.2) is 0 Å². The van der Waals surface area contributed by atoms with Crippen LogP contribution in [0.4, 0.5) is 0 Å². The Balaban J connectivity index is 1.95. The van der Waals surface area contributed by atoms with Gasteiger partial charge in [-0.15, -0.1) is 0 Å². The van der Waals surface area contributed by atoms with Crippen molar-refractivity contribution in [2.75, 3.05) is 19.6 Å². The van der Waals surface area contributed by atoms with E-state index in [2.05, 4.69) is 37.9 Å². The Morgan fingerprint density at radius 2 is 1.79 bits per heavy atom. The predicted molar refractivity (Wildman–Crippen MR) is 83.5 cm³/mol. The zero-order valence-corrected chi connectivity index (χ0v) is 13.5. The summed E-state index contributed by atoms with van der Waals surface area (Å²) in [6, 6.07) is 1.52. The predicted octanol–water partition coefficient (Wildman–Crippen LogP) is 3.67. The molecule has 1 saturated carbocycles. The Morgan fingerprint density at radius 3 is 2.37 bits per heavy atom. The Hall–Kier alpha value is -0.0800. The van der Waals surface area contributed by atoms with Crippen molar-refractivity contribution in [3.05, 3.63) is 0 Å². The highest BCUT2D eigenvalue weighted by Gasteiger charge is 2.36. The number of hydrogen-bond acceptors (Lipinski definition) is 2. The molecule has 1 heterocycles. The lowest BCUT2D eigenvalue weighted by Gasteiger charge is -2.38. The van der Waals surface area contributed by atoms with E-state index in [1.165, 1.54) is 51.6 Å². The van der Waals surface area contributed by atoms with Gasteiger partial charge in [-0.3, -0.25) is 4.90 Å². The molecule has 0 aromatic heterocycles. The van der Waals surface area contributed by atoms with Gasteiger partial charge in [-0.2, -0.15) is 0 Å². The van der Waals surface area contributed by atoms with Crippen molar-refractivity contribution in [1.29, 1.82) is 0 Å². The molecule has 1 aliphatic heterocycles. The fourth-order valence-electron chi connectivity index (χ4n) is 4.08. The van der Waals surface area contributed by atoms with Gasteiger partial charge in [-0.1, -0.05) is 40.5 Å². The second kappa shape index (κ2) is 6.58. The number of likely N-dealkylation sites (N-methyl/N-ethyl adjacent to an activating group) is 1. The van der Waals surface area contributed by atoms with E-state index in [1.54, 1.807) is 0 Å². The molecule has 2 atom stereocenters. The van der Waals surface area contributed by atoms with Crippen molar-refractivity contribution < 1.29 is 0 Å². The summed E-state index contributed by atoms with van der Waals surface area (Å²) >= 11 is 0. The lowest BCUT2D eigenvalue weighted by Crippen LogP contribution is -2.50. The van der Waals surface area contributed by atoms with Crippen molar-refractivity contribution in [2.24, 2.45) is 11.3 Å². The van der Waals surface area contributed by atoms with E-state index in [9.17, 15) is 0 Å². The molecule has 0 aromatic carbocycles. The maximum atomic E-state index is 3.72. The van der Waals surface area contributed by atoms with Gasteiger partial charge in [-0.05, 0) is 50.1 Å². The summed E-state index contributed by atoms with van der Waals surface area (Å²) < 4.78 is 0. The molecule has 1 saturated heterocycles. The third-order valence-corrected chi connectivity index (χ3v) is 5.27. The molecule has 0 bridgehead atoms. The first-order valence-corrected chi connectivity index (χ1v) is 8.49. The molecule has 19 heavy (non-hydrogen) atoms. The van der Waals surface area contributed by atoms with Crippen LogP contribution in [0.5, 0.6) is 0 Å². The van der Waals surface area contributed by atoms with Gasteiger partial charge in [0.25, 0.3) is 0 Å². The minimum atomic E-state index is 0.360. The molecule has 2 heteroatoms. The summed E-state index contributed by atoms with van der Waals surface area (Å²) in [6.07, 6.45) is 8.80. The Bertz CT molecular complexity index is 263. The Morgan fingerprint density at radius 1 is 1.11 bits per heavy atom. The molecular weight excluding hydrogens is 232 g/mol. The first-order valence-electron chi connectivity index (χ1n) is 8.49. The number of nitrogens with one attached hydrogen (secondary N) is 1. The van der Waals surface area contributed by atoms with Crippen LogP contribution in [-0.4, -0.2) is 36.6 Å². The highest BCUT2D eigenvalue weighted by atomic mass is 15.2. The maximum Gasteiger partial charge on any atom is 0.0243 e. The molecule has 0 radical (unpaired) electrons. The highest BCUT2D eigenvalue weighted by molar-refractivity contribution is 4.91. The van der Waals surface area contributed by atoms with Crippen LogP contribution in [0.25, 0.3) is 0 Å². The van der Waals surface area contributed by atoms with E-state index in [-0.39, 0.29) is 0 Å². The zero-order valence-electron chi connectivity index (χ0n) is 13.5. The summed E-state index contributed by atoms with van der Waals surface area (Å²) in [5, 5.41) is 3.72.